The Kier molecular flexibility index (Phi) is 6.32. The summed E-state index contributed by atoms with van der Waals surface area (Å²) in [5.74, 6) is -0.987. The molecule has 0 bridgehead atoms. The highest BCUT2D eigenvalue weighted by atomic mass is 32.2. The van der Waals surface area contributed by atoms with Crippen LogP contribution in [0.1, 0.15) is 39.0 Å². The van der Waals surface area contributed by atoms with Crippen molar-refractivity contribution in [2.75, 3.05) is 6.26 Å². The van der Waals surface area contributed by atoms with Gasteiger partial charge < -0.3 is 15.7 Å². The minimum Gasteiger partial charge on any atom is -0.480 e. The predicted octanol–water partition coefficient (Wildman–Crippen LogP) is 1.82. The first kappa shape index (κ1) is 15.1. The Morgan fingerprint density at radius 2 is 1.94 bits per heavy atom. The quantitative estimate of drug-likeness (QED) is 0.714. The van der Waals surface area contributed by atoms with Gasteiger partial charge >= 0.3 is 12.0 Å². The van der Waals surface area contributed by atoms with Gasteiger partial charge in [-0.25, -0.2) is 9.59 Å². The largest absolute Gasteiger partial charge is 0.480 e. The summed E-state index contributed by atoms with van der Waals surface area (Å²) in [5, 5.41) is 14.9. The van der Waals surface area contributed by atoms with Crippen molar-refractivity contribution in [2.45, 2.75) is 56.4 Å². The maximum Gasteiger partial charge on any atom is 0.326 e. The van der Waals surface area contributed by atoms with E-state index in [1.807, 2.05) is 11.8 Å². The molecule has 18 heavy (non-hydrogen) atoms. The summed E-state index contributed by atoms with van der Waals surface area (Å²) in [6.45, 7) is 1.74. The molecule has 0 aliphatic heterocycles. The number of thioether (sulfide) groups is 1. The number of urea groups is 1. The molecule has 0 aromatic carbocycles. The van der Waals surface area contributed by atoms with Crippen LogP contribution in [0.25, 0.3) is 0 Å². The molecule has 0 heterocycles. The molecule has 0 radical (unpaired) electrons. The van der Waals surface area contributed by atoms with E-state index >= 15 is 0 Å². The van der Waals surface area contributed by atoms with E-state index in [0.717, 1.165) is 25.7 Å². The number of carboxylic acids is 1. The second-order valence-electron chi connectivity index (χ2n) is 4.63. The highest BCUT2D eigenvalue weighted by Gasteiger charge is 2.23. The second kappa shape index (κ2) is 7.51. The molecule has 0 spiro atoms. The van der Waals surface area contributed by atoms with Crippen LogP contribution in [0, 0.1) is 0 Å². The number of carbonyl (C=O) groups is 2. The number of aliphatic carboxylic acids is 1. The fourth-order valence-corrected chi connectivity index (χ4v) is 2.91. The molecule has 0 saturated heterocycles. The summed E-state index contributed by atoms with van der Waals surface area (Å²) < 4.78 is 0. The fourth-order valence-electron chi connectivity index (χ4n) is 2.17. The molecular formula is C12H22N2O3S. The molecule has 3 N–H and O–H groups in total. The van der Waals surface area contributed by atoms with E-state index in [0.29, 0.717) is 11.7 Å². The summed E-state index contributed by atoms with van der Waals surface area (Å²) in [6.07, 6.45) is 6.68. The zero-order valence-corrected chi connectivity index (χ0v) is 11.8. The first-order chi connectivity index (χ1) is 8.56. The standard InChI is InChI=1S/C12H22N2O3S/c1-3-10(11(15)16)14-12(17)13-8-4-6-9(18-2)7-5-8/h8-10H,3-7H2,1-2H3,(H,15,16)(H2,13,14,17)/t8?,9?,10-/m1/s1. The zero-order chi connectivity index (χ0) is 13.5. The van der Waals surface area contributed by atoms with Gasteiger partial charge in [0.25, 0.3) is 0 Å². The Hall–Kier alpha value is -0.910. The number of carboxylic acid groups (broad SMARTS) is 1. The Labute approximate surface area is 112 Å². The fraction of sp³-hybridized carbons (Fsp3) is 0.833. The van der Waals surface area contributed by atoms with E-state index in [-0.39, 0.29) is 12.1 Å². The van der Waals surface area contributed by atoms with Crippen LogP contribution in [-0.2, 0) is 4.79 Å². The number of carbonyl (C=O) groups excluding carboxylic acids is 1. The van der Waals surface area contributed by atoms with Crippen molar-refractivity contribution >= 4 is 23.8 Å². The highest BCUT2D eigenvalue weighted by Crippen LogP contribution is 2.26. The predicted molar refractivity (Wildman–Crippen MR) is 72.9 cm³/mol. The molecule has 1 rings (SSSR count). The number of hydrogen-bond donors (Lipinski definition) is 3. The third-order valence-corrected chi connectivity index (χ3v) is 4.49. The molecule has 1 aliphatic rings. The van der Waals surface area contributed by atoms with Crippen LogP contribution in [0.2, 0.25) is 0 Å². The van der Waals surface area contributed by atoms with Gasteiger partial charge in [0.2, 0.25) is 0 Å². The first-order valence-electron chi connectivity index (χ1n) is 6.39. The lowest BCUT2D eigenvalue weighted by Crippen LogP contribution is -2.49. The minimum absolute atomic E-state index is 0.180. The summed E-state index contributed by atoms with van der Waals surface area (Å²) in [5.41, 5.74) is 0. The topological polar surface area (TPSA) is 78.4 Å². The van der Waals surface area contributed by atoms with Gasteiger partial charge in [-0.3, -0.25) is 0 Å². The van der Waals surface area contributed by atoms with Crippen molar-refractivity contribution in [3.05, 3.63) is 0 Å². The van der Waals surface area contributed by atoms with Crippen LogP contribution in [-0.4, -0.2) is 40.7 Å². The van der Waals surface area contributed by atoms with E-state index in [2.05, 4.69) is 16.9 Å². The molecule has 1 atom stereocenters. The van der Waals surface area contributed by atoms with Crippen molar-refractivity contribution in [2.24, 2.45) is 0 Å². The van der Waals surface area contributed by atoms with Gasteiger partial charge in [-0.15, -0.1) is 0 Å². The van der Waals surface area contributed by atoms with Crippen LogP contribution in [0.3, 0.4) is 0 Å². The molecular weight excluding hydrogens is 252 g/mol. The van der Waals surface area contributed by atoms with Gasteiger partial charge in [-0.05, 0) is 38.4 Å². The van der Waals surface area contributed by atoms with E-state index in [1.165, 1.54) is 0 Å². The lowest BCUT2D eigenvalue weighted by atomic mass is 9.95. The summed E-state index contributed by atoms with van der Waals surface area (Å²) >= 11 is 1.88. The Morgan fingerprint density at radius 1 is 1.33 bits per heavy atom. The number of nitrogens with one attached hydrogen (secondary N) is 2. The van der Waals surface area contributed by atoms with Gasteiger partial charge in [0.1, 0.15) is 6.04 Å². The zero-order valence-electron chi connectivity index (χ0n) is 10.9. The normalized spacial score (nSPS) is 25.2. The average molecular weight is 274 g/mol. The van der Waals surface area contributed by atoms with Crippen molar-refractivity contribution in [1.29, 1.82) is 0 Å². The van der Waals surface area contributed by atoms with E-state index in [9.17, 15) is 9.59 Å². The van der Waals surface area contributed by atoms with Crippen molar-refractivity contribution in [3.63, 3.8) is 0 Å². The Bertz CT molecular complexity index is 291. The van der Waals surface area contributed by atoms with E-state index in [4.69, 9.17) is 5.11 Å². The number of rotatable bonds is 5. The molecule has 1 saturated carbocycles. The number of amides is 2. The SMILES string of the molecule is CC[C@@H](NC(=O)NC1CCC(SC)CC1)C(=O)O. The highest BCUT2D eigenvalue weighted by molar-refractivity contribution is 7.99. The lowest BCUT2D eigenvalue weighted by molar-refractivity contribution is -0.139. The maximum atomic E-state index is 11.6. The van der Waals surface area contributed by atoms with Gasteiger partial charge in [0.05, 0.1) is 0 Å². The van der Waals surface area contributed by atoms with Gasteiger partial charge in [0, 0.05) is 11.3 Å². The monoisotopic (exact) mass is 274 g/mol. The maximum absolute atomic E-state index is 11.6. The summed E-state index contributed by atoms with van der Waals surface area (Å²) in [4.78, 5) is 22.4. The molecule has 5 nitrogen and oxygen atoms in total. The first-order valence-corrected chi connectivity index (χ1v) is 7.68. The molecule has 6 heteroatoms. The van der Waals surface area contributed by atoms with Crippen LogP contribution in [0.15, 0.2) is 0 Å². The van der Waals surface area contributed by atoms with Crippen LogP contribution < -0.4 is 10.6 Å². The molecule has 0 aromatic rings. The van der Waals surface area contributed by atoms with Crippen LogP contribution >= 0.6 is 11.8 Å². The average Bonchev–Trinajstić information content (AvgIpc) is 2.36. The van der Waals surface area contributed by atoms with Crippen molar-refractivity contribution < 1.29 is 14.7 Å². The van der Waals surface area contributed by atoms with Gasteiger partial charge in [-0.2, -0.15) is 11.8 Å². The second-order valence-corrected chi connectivity index (χ2v) is 5.76. The smallest absolute Gasteiger partial charge is 0.326 e. The lowest BCUT2D eigenvalue weighted by Gasteiger charge is -2.28. The molecule has 1 fully saturated rings. The van der Waals surface area contributed by atoms with Crippen LogP contribution in [0.4, 0.5) is 4.79 Å². The molecule has 0 aromatic heterocycles. The minimum atomic E-state index is -0.987. The summed E-state index contributed by atoms with van der Waals surface area (Å²) in [6, 6.07) is -0.982. The Balaban J connectivity index is 2.30. The third-order valence-electron chi connectivity index (χ3n) is 3.35. The third kappa shape index (κ3) is 4.76. The molecule has 1 aliphatic carbocycles. The van der Waals surface area contributed by atoms with Crippen molar-refractivity contribution in [3.8, 4) is 0 Å². The number of hydrogen-bond acceptors (Lipinski definition) is 3. The van der Waals surface area contributed by atoms with Gasteiger partial charge in [-0.1, -0.05) is 6.92 Å². The van der Waals surface area contributed by atoms with Crippen LogP contribution in [0.5, 0.6) is 0 Å². The molecule has 2 amide bonds. The van der Waals surface area contributed by atoms with E-state index in [1.54, 1.807) is 6.92 Å². The van der Waals surface area contributed by atoms with Gasteiger partial charge in [0.15, 0.2) is 0 Å². The Morgan fingerprint density at radius 3 is 2.39 bits per heavy atom. The summed E-state index contributed by atoms with van der Waals surface area (Å²) in [7, 11) is 0. The molecule has 0 unspecified atom stereocenters. The van der Waals surface area contributed by atoms with Crippen molar-refractivity contribution in [1.82, 2.24) is 10.6 Å². The molecule has 104 valence electrons. The van der Waals surface area contributed by atoms with E-state index < -0.39 is 12.0 Å².